The largest absolute Gasteiger partial charge is 0.496 e. The molecule has 31 heavy (non-hydrogen) atoms. The normalized spacial score (nSPS) is 11.6. The first kappa shape index (κ1) is 20.8. The van der Waals surface area contributed by atoms with Crippen LogP contribution in [0.2, 0.25) is 5.02 Å². The van der Waals surface area contributed by atoms with E-state index in [2.05, 4.69) is 20.3 Å². The second-order valence-corrected chi connectivity index (χ2v) is 7.13. The molecule has 0 bridgehead atoms. The van der Waals surface area contributed by atoms with Gasteiger partial charge in [0.05, 0.1) is 19.2 Å². The Morgan fingerprint density at radius 3 is 2.68 bits per heavy atom. The van der Waals surface area contributed by atoms with Crippen LogP contribution < -0.4 is 15.6 Å². The van der Waals surface area contributed by atoms with Gasteiger partial charge in [-0.15, -0.1) is 0 Å². The van der Waals surface area contributed by atoms with Gasteiger partial charge in [0.1, 0.15) is 17.3 Å². The number of halogens is 4. The van der Waals surface area contributed by atoms with Crippen LogP contribution in [0.1, 0.15) is 11.4 Å². The minimum Gasteiger partial charge on any atom is -0.496 e. The number of benzene rings is 2. The van der Waals surface area contributed by atoms with Crippen LogP contribution in [-0.2, 0) is 12.7 Å². The van der Waals surface area contributed by atoms with Crippen molar-refractivity contribution in [3.05, 3.63) is 75.6 Å². The molecule has 2 aromatic heterocycles. The lowest BCUT2D eigenvalue weighted by molar-refractivity contribution is -0.137. The first-order chi connectivity index (χ1) is 14.8. The van der Waals surface area contributed by atoms with E-state index in [1.807, 2.05) is 0 Å². The van der Waals surface area contributed by atoms with E-state index in [-0.39, 0.29) is 28.7 Å². The number of anilines is 1. The highest BCUT2D eigenvalue weighted by Gasteiger charge is 2.31. The number of nitrogens with zero attached hydrogens (tertiary/aromatic N) is 1. The number of alkyl halides is 3. The van der Waals surface area contributed by atoms with E-state index in [9.17, 15) is 18.0 Å². The molecule has 6 nitrogen and oxygen atoms in total. The zero-order valence-electron chi connectivity index (χ0n) is 16.1. The zero-order valence-corrected chi connectivity index (χ0v) is 16.9. The predicted octanol–water partition coefficient (Wildman–Crippen LogP) is 5.21. The van der Waals surface area contributed by atoms with E-state index in [0.717, 1.165) is 12.1 Å². The molecule has 0 saturated carbocycles. The van der Waals surface area contributed by atoms with Crippen LogP contribution in [-0.4, -0.2) is 22.1 Å². The SMILES string of the molecule is COc1ccc(Cl)cc1-c1c(NCc2ncc[nH]2)c(=O)[nH]c2ccc(C(F)(F)F)cc12. The van der Waals surface area contributed by atoms with Gasteiger partial charge in [0.15, 0.2) is 0 Å². The standard InChI is InChI=1S/C21H16ClF3N4O2/c1-31-16-5-3-12(22)9-14(16)18-13-8-11(21(23,24)25)2-4-15(13)29-20(30)19(18)28-10-17-26-6-7-27-17/h2-9,28H,10H2,1H3,(H,26,27)(H,29,30). The molecule has 4 aromatic rings. The number of H-pyrrole nitrogens is 2. The fourth-order valence-electron chi connectivity index (χ4n) is 3.36. The van der Waals surface area contributed by atoms with Crippen molar-refractivity contribution in [3.8, 4) is 16.9 Å². The van der Waals surface area contributed by atoms with Crippen LogP contribution in [0.4, 0.5) is 18.9 Å². The Kier molecular flexibility index (Phi) is 5.36. The van der Waals surface area contributed by atoms with Crippen molar-refractivity contribution < 1.29 is 17.9 Å². The maximum Gasteiger partial charge on any atom is 0.416 e. The highest BCUT2D eigenvalue weighted by molar-refractivity contribution is 6.31. The molecule has 0 fully saturated rings. The molecule has 10 heteroatoms. The van der Waals surface area contributed by atoms with E-state index < -0.39 is 17.3 Å². The number of ether oxygens (including phenoxy) is 1. The summed E-state index contributed by atoms with van der Waals surface area (Å²) in [5, 5.41) is 3.52. The summed E-state index contributed by atoms with van der Waals surface area (Å²) in [5.74, 6) is 0.905. The molecule has 3 N–H and O–H groups in total. The summed E-state index contributed by atoms with van der Waals surface area (Å²) in [7, 11) is 1.43. The van der Waals surface area contributed by atoms with Crippen molar-refractivity contribution in [3.63, 3.8) is 0 Å². The van der Waals surface area contributed by atoms with Crippen LogP contribution in [0.15, 0.2) is 53.6 Å². The van der Waals surface area contributed by atoms with Crippen molar-refractivity contribution in [1.29, 1.82) is 0 Å². The number of hydrogen-bond acceptors (Lipinski definition) is 4. The Morgan fingerprint density at radius 1 is 1.19 bits per heavy atom. The highest BCUT2D eigenvalue weighted by Crippen LogP contribution is 2.41. The maximum absolute atomic E-state index is 13.4. The van der Waals surface area contributed by atoms with Gasteiger partial charge in [0.2, 0.25) is 0 Å². The van der Waals surface area contributed by atoms with E-state index in [4.69, 9.17) is 16.3 Å². The number of methoxy groups -OCH3 is 1. The predicted molar refractivity (Wildman–Crippen MR) is 112 cm³/mol. The van der Waals surface area contributed by atoms with Crippen molar-refractivity contribution in [1.82, 2.24) is 15.0 Å². The van der Waals surface area contributed by atoms with Crippen molar-refractivity contribution in [2.75, 3.05) is 12.4 Å². The van der Waals surface area contributed by atoms with E-state index >= 15 is 0 Å². The first-order valence-electron chi connectivity index (χ1n) is 9.11. The molecule has 0 aliphatic carbocycles. The Hall–Kier alpha value is -3.46. The summed E-state index contributed by atoms with van der Waals surface area (Å²) >= 11 is 6.17. The third-order valence-electron chi connectivity index (χ3n) is 4.76. The minimum atomic E-state index is -4.55. The molecule has 4 rings (SSSR count). The molecule has 0 amide bonds. The molecule has 0 aliphatic heterocycles. The van der Waals surface area contributed by atoms with Gasteiger partial charge < -0.3 is 20.0 Å². The number of imidazole rings is 1. The monoisotopic (exact) mass is 448 g/mol. The summed E-state index contributed by atoms with van der Waals surface area (Å²) in [4.78, 5) is 22.5. The lowest BCUT2D eigenvalue weighted by Crippen LogP contribution is -2.17. The van der Waals surface area contributed by atoms with Crippen molar-refractivity contribution in [2.24, 2.45) is 0 Å². The maximum atomic E-state index is 13.4. The van der Waals surface area contributed by atoms with Gasteiger partial charge in [0, 0.05) is 39.4 Å². The van der Waals surface area contributed by atoms with E-state index in [0.29, 0.717) is 22.2 Å². The molecule has 0 saturated heterocycles. The second kappa shape index (κ2) is 7.99. The average molecular weight is 449 g/mol. The fourth-order valence-corrected chi connectivity index (χ4v) is 3.53. The summed E-state index contributed by atoms with van der Waals surface area (Å²) in [6.07, 6.45) is -1.38. The molecule has 0 spiro atoms. The molecule has 160 valence electrons. The quantitative estimate of drug-likeness (QED) is 0.391. The number of pyridine rings is 1. The third kappa shape index (κ3) is 4.09. The van der Waals surface area contributed by atoms with Crippen LogP contribution in [0, 0.1) is 0 Å². The lowest BCUT2D eigenvalue weighted by Gasteiger charge is -2.18. The topological polar surface area (TPSA) is 82.8 Å². The van der Waals surface area contributed by atoms with Crippen LogP contribution >= 0.6 is 11.6 Å². The Labute approximate surface area is 179 Å². The number of fused-ring (bicyclic) bond motifs is 1. The smallest absolute Gasteiger partial charge is 0.416 e. The van der Waals surface area contributed by atoms with Crippen molar-refractivity contribution >= 4 is 28.2 Å². The summed E-state index contributed by atoms with van der Waals surface area (Å²) in [5.41, 5.74) is -0.396. The summed E-state index contributed by atoms with van der Waals surface area (Å²) in [6.45, 7) is 0.149. The Bertz CT molecular complexity index is 1300. The molecular weight excluding hydrogens is 433 g/mol. The molecule has 0 radical (unpaired) electrons. The van der Waals surface area contributed by atoms with Gasteiger partial charge in [-0.25, -0.2) is 4.98 Å². The molecule has 2 aromatic carbocycles. The Balaban J connectivity index is 2.03. The molecule has 2 heterocycles. The number of nitrogens with one attached hydrogen (secondary N) is 3. The molecule has 0 unspecified atom stereocenters. The van der Waals surface area contributed by atoms with Gasteiger partial charge in [-0.1, -0.05) is 11.6 Å². The van der Waals surface area contributed by atoms with Gasteiger partial charge in [-0.3, -0.25) is 4.79 Å². The van der Waals surface area contributed by atoms with E-state index in [1.165, 1.54) is 13.2 Å². The van der Waals surface area contributed by atoms with Gasteiger partial charge in [-0.2, -0.15) is 13.2 Å². The van der Waals surface area contributed by atoms with Gasteiger partial charge >= 0.3 is 6.18 Å². The lowest BCUT2D eigenvalue weighted by atomic mass is 9.97. The zero-order chi connectivity index (χ0) is 22.2. The van der Waals surface area contributed by atoms with Crippen LogP contribution in [0.25, 0.3) is 22.0 Å². The molecule has 0 aliphatic rings. The fraction of sp³-hybridized carbons (Fsp3) is 0.143. The summed E-state index contributed by atoms with van der Waals surface area (Å²) in [6, 6.07) is 7.89. The average Bonchev–Trinajstić information content (AvgIpc) is 3.24. The summed E-state index contributed by atoms with van der Waals surface area (Å²) < 4.78 is 45.7. The second-order valence-electron chi connectivity index (χ2n) is 6.70. The number of rotatable bonds is 5. The number of aromatic amines is 2. The van der Waals surface area contributed by atoms with Gasteiger partial charge in [-0.05, 0) is 36.4 Å². The van der Waals surface area contributed by atoms with Gasteiger partial charge in [0.25, 0.3) is 5.56 Å². The van der Waals surface area contributed by atoms with Crippen LogP contribution in [0.5, 0.6) is 5.75 Å². The van der Waals surface area contributed by atoms with E-state index in [1.54, 1.807) is 30.6 Å². The molecular formula is C21H16ClF3N4O2. The molecule has 0 atom stereocenters. The first-order valence-corrected chi connectivity index (χ1v) is 9.49. The Morgan fingerprint density at radius 2 is 2.00 bits per heavy atom. The number of hydrogen-bond donors (Lipinski definition) is 3. The van der Waals surface area contributed by atoms with Crippen LogP contribution in [0.3, 0.4) is 0 Å². The third-order valence-corrected chi connectivity index (χ3v) is 4.99. The minimum absolute atomic E-state index is 0.0730. The number of aromatic nitrogens is 3. The highest BCUT2D eigenvalue weighted by atomic mass is 35.5. The van der Waals surface area contributed by atoms with Crippen molar-refractivity contribution in [2.45, 2.75) is 12.7 Å².